The Kier molecular flexibility index (Phi) is 5.52. The van der Waals surface area contributed by atoms with Gasteiger partial charge in [-0.25, -0.2) is 0 Å². The molecule has 0 unspecified atom stereocenters. The second-order valence-electron chi connectivity index (χ2n) is 4.83. The molecule has 0 saturated carbocycles. The van der Waals surface area contributed by atoms with E-state index >= 15 is 0 Å². The monoisotopic (exact) mass is 346 g/mol. The lowest BCUT2D eigenvalue weighted by molar-refractivity contribution is 0.825. The van der Waals surface area contributed by atoms with Crippen LogP contribution in [-0.2, 0) is 10.7 Å². The van der Waals surface area contributed by atoms with Crippen molar-refractivity contribution in [3.8, 4) is 0 Å². The molecule has 0 heterocycles. The van der Waals surface area contributed by atoms with E-state index in [-0.39, 0.29) is 0 Å². The van der Waals surface area contributed by atoms with Gasteiger partial charge in [-0.05, 0) is 34.1 Å². The largest absolute Gasteiger partial charge is 0.0876 e. The van der Waals surface area contributed by atoms with Crippen LogP contribution in [0.15, 0.2) is 12.1 Å². The van der Waals surface area contributed by atoms with Crippen LogP contribution in [0.1, 0.15) is 61.8 Å². The SMILES string of the molecule is CC(C)c1cc(CBr)c(C(C)C)cc1CBr. The van der Waals surface area contributed by atoms with Gasteiger partial charge >= 0.3 is 0 Å². The molecule has 0 bridgehead atoms. The summed E-state index contributed by atoms with van der Waals surface area (Å²) in [4.78, 5) is 0. The molecule has 0 nitrogen and oxygen atoms in total. The molecule has 2 heteroatoms. The van der Waals surface area contributed by atoms with E-state index in [9.17, 15) is 0 Å². The van der Waals surface area contributed by atoms with Crippen molar-refractivity contribution in [3.05, 3.63) is 34.4 Å². The predicted molar refractivity (Wildman–Crippen MR) is 79.9 cm³/mol. The third-order valence-corrected chi connectivity index (χ3v) is 4.14. The van der Waals surface area contributed by atoms with Crippen molar-refractivity contribution >= 4 is 31.9 Å². The van der Waals surface area contributed by atoms with Crippen molar-refractivity contribution in [1.29, 1.82) is 0 Å². The molecule has 0 aliphatic carbocycles. The standard InChI is InChI=1S/C14H20Br2/c1-9(2)13-5-12(8-16)14(10(3)4)6-11(13)7-15/h5-6,9-10H,7-8H2,1-4H3. The predicted octanol–water partition coefficient (Wildman–Crippen LogP) is 5.72. The molecule has 1 aromatic rings. The highest BCUT2D eigenvalue weighted by Crippen LogP contribution is 2.30. The van der Waals surface area contributed by atoms with Crippen LogP contribution in [0.5, 0.6) is 0 Å². The molecule has 1 rings (SSSR count). The van der Waals surface area contributed by atoms with Gasteiger partial charge in [0, 0.05) is 10.7 Å². The van der Waals surface area contributed by atoms with E-state index in [1.807, 2.05) is 0 Å². The number of benzene rings is 1. The minimum atomic E-state index is 0.589. The Bertz CT molecular complexity index is 318. The second kappa shape index (κ2) is 6.20. The van der Waals surface area contributed by atoms with E-state index in [1.165, 1.54) is 22.3 Å². The molecule has 1 aromatic carbocycles. The zero-order chi connectivity index (χ0) is 12.3. The van der Waals surface area contributed by atoms with Gasteiger partial charge in [-0.15, -0.1) is 0 Å². The maximum Gasteiger partial charge on any atom is 0.0285 e. The van der Waals surface area contributed by atoms with Crippen LogP contribution in [0, 0.1) is 0 Å². The zero-order valence-electron chi connectivity index (χ0n) is 10.5. The average molecular weight is 348 g/mol. The first-order valence-electron chi connectivity index (χ1n) is 5.78. The molecule has 0 amide bonds. The Hall–Kier alpha value is 0.180. The quantitative estimate of drug-likeness (QED) is 0.610. The highest BCUT2D eigenvalue weighted by atomic mass is 79.9. The summed E-state index contributed by atoms with van der Waals surface area (Å²) >= 11 is 7.19. The van der Waals surface area contributed by atoms with E-state index in [0.29, 0.717) is 11.8 Å². The van der Waals surface area contributed by atoms with Crippen molar-refractivity contribution in [3.63, 3.8) is 0 Å². The molecule has 0 radical (unpaired) electrons. The Labute approximate surface area is 116 Å². The third-order valence-electron chi connectivity index (χ3n) is 2.93. The highest BCUT2D eigenvalue weighted by Gasteiger charge is 2.13. The average Bonchev–Trinajstić information content (AvgIpc) is 2.26. The Morgan fingerprint density at radius 3 is 1.31 bits per heavy atom. The van der Waals surface area contributed by atoms with Gasteiger partial charge in [0.15, 0.2) is 0 Å². The molecule has 16 heavy (non-hydrogen) atoms. The van der Waals surface area contributed by atoms with Gasteiger partial charge < -0.3 is 0 Å². The molecular formula is C14H20Br2. The molecule has 0 atom stereocenters. The van der Waals surface area contributed by atoms with Crippen LogP contribution >= 0.6 is 31.9 Å². The van der Waals surface area contributed by atoms with Crippen LogP contribution in [0.3, 0.4) is 0 Å². The number of rotatable bonds is 4. The molecule has 0 fully saturated rings. The van der Waals surface area contributed by atoms with Crippen molar-refractivity contribution in [1.82, 2.24) is 0 Å². The van der Waals surface area contributed by atoms with Gasteiger partial charge in [0.05, 0.1) is 0 Å². The van der Waals surface area contributed by atoms with Crippen LogP contribution in [-0.4, -0.2) is 0 Å². The molecule has 0 spiro atoms. The van der Waals surface area contributed by atoms with Gasteiger partial charge in [0.25, 0.3) is 0 Å². The normalized spacial score (nSPS) is 11.5. The van der Waals surface area contributed by atoms with Crippen LogP contribution in [0.2, 0.25) is 0 Å². The number of alkyl halides is 2. The number of hydrogen-bond acceptors (Lipinski definition) is 0. The summed E-state index contributed by atoms with van der Waals surface area (Å²) in [7, 11) is 0. The Balaban J connectivity index is 3.34. The van der Waals surface area contributed by atoms with Crippen molar-refractivity contribution in [2.45, 2.75) is 50.2 Å². The second-order valence-corrected chi connectivity index (χ2v) is 5.95. The third kappa shape index (κ3) is 3.10. The number of hydrogen-bond donors (Lipinski definition) is 0. The van der Waals surface area contributed by atoms with Crippen LogP contribution in [0.25, 0.3) is 0 Å². The summed E-state index contributed by atoms with van der Waals surface area (Å²) < 4.78 is 0. The van der Waals surface area contributed by atoms with E-state index in [0.717, 1.165) is 10.7 Å². The topological polar surface area (TPSA) is 0 Å². The van der Waals surface area contributed by atoms with E-state index in [2.05, 4.69) is 71.7 Å². The van der Waals surface area contributed by atoms with Gasteiger partial charge in [0.2, 0.25) is 0 Å². The lowest BCUT2D eigenvalue weighted by Gasteiger charge is -2.18. The minimum Gasteiger partial charge on any atom is -0.0876 e. The van der Waals surface area contributed by atoms with Gasteiger partial charge in [0.1, 0.15) is 0 Å². The summed E-state index contributed by atoms with van der Waals surface area (Å²) in [5.41, 5.74) is 5.80. The molecule has 0 aliphatic rings. The first-order chi connectivity index (χ1) is 7.51. The summed E-state index contributed by atoms with van der Waals surface area (Å²) in [6.07, 6.45) is 0. The highest BCUT2D eigenvalue weighted by molar-refractivity contribution is 9.08. The molecule has 0 aromatic heterocycles. The lowest BCUT2D eigenvalue weighted by Crippen LogP contribution is -2.02. The first-order valence-corrected chi connectivity index (χ1v) is 8.03. The number of halogens is 2. The molecule has 0 saturated heterocycles. The lowest BCUT2D eigenvalue weighted by atomic mass is 9.89. The van der Waals surface area contributed by atoms with E-state index < -0.39 is 0 Å². The fourth-order valence-electron chi connectivity index (χ4n) is 2.03. The maximum absolute atomic E-state index is 3.59. The van der Waals surface area contributed by atoms with Crippen LogP contribution < -0.4 is 0 Å². The summed E-state index contributed by atoms with van der Waals surface area (Å²) in [5.74, 6) is 1.18. The minimum absolute atomic E-state index is 0.589. The first kappa shape index (κ1) is 14.2. The molecular weight excluding hydrogens is 328 g/mol. The fraction of sp³-hybridized carbons (Fsp3) is 0.571. The van der Waals surface area contributed by atoms with Crippen molar-refractivity contribution in [2.75, 3.05) is 0 Å². The van der Waals surface area contributed by atoms with E-state index in [4.69, 9.17) is 0 Å². The smallest absolute Gasteiger partial charge is 0.0285 e. The molecule has 0 N–H and O–H groups in total. The Morgan fingerprint density at radius 1 is 0.812 bits per heavy atom. The molecule has 90 valence electrons. The van der Waals surface area contributed by atoms with Crippen molar-refractivity contribution < 1.29 is 0 Å². The summed E-state index contributed by atoms with van der Waals surface area (Å²) in [5, 5.41) is 1.89. The molecule has 0 aliphatic heterocycles. The summed E-state index contributed by atoms with van der Waals surface area (Å²) in [6.45, 7) is 9.03. The van der Waals surface area contributed by atoms with Gasteiger partial charge in [-0.3, -0.25) is 0 Å². The van der Waals surface area contributed by atoms with Gasteiger partial charge in [-0.2, -0.15) is 0 Å². The zero-order valence-corrected chi connectivity index (χ0v) is 13.7. The van der Waals surface area contributed by atoms with Crippen LogP contribution in [0.4, 0.5) is 0 Å². The van der Waals surface area contributed by atoms with E-state index in [1.54, 1.807) is 0 Å². The summed E-state index contributed by atoms with van der Waals surface area (Å²) in [6, 6.07) is 4.73. The Morgan fingerprint density at radius 2 is 1.12 bits per heavy atom. The maximum atomic E-state index is 3.59. The van der Waals surface area contributed by atoms with Gasteiger partial charge in [-0.1, -0.05) is 71.7 Å². The van der Waals surface area contributed by atoms with Crippen molar-refractivity contribution in [2.24, 2.45) is 0 Å². The fourth-order valence-corrected chi connectivity index (χ4v) is 3.01.